The van der Waals surface area contributed by atoms with Crippen molar-refractivity contribution >= 4 is 28.2 Å². The van der Waals surface area contributed by atoms with Gasteiger partial charge in [0.15, 0.2) is 4.34 Å². The molecular weight excluding hydrogens is 358 g/mol. The van der Waals surface area contributed by atoms with Crippen LogP contribution < -0.4 is 10.1 Å². The summed E-state index contributed by atoms with van der Waals surface area (Å²) in [5.74, 6) is 2.32. The summed E-state index contributed by atoms with van der Waals surface area (Å²) in [5, 5.41) is 16.1. The van der Waals surface area contributed by atoms with Crippen LogP contribution in [0.25, 0.3) is 11.4 Å². The van der Waals surface area contributed by atoms with E-state index in [0.717, 1.165) is 20.8 Å². The zero-order valence-electron chi connectivity index (χ0n) is 13.6. The number of rotatable bonds is 9. The van der Waals surface area contributed by atoms with Crippen molar-refractivity contribution < 1.29 is 9.26 Å². The van der Waals surface area contributed by atoms with Crippen molar-refractivity contribution in [1.29, 1.82) is 0 Å². The van der Waals surface area contributed by atoms with Crippen LogP contribution in [0.1, 0.15) is 12.8 Å². The highest BCUT2D eigenvalue weighted by molar-refractivity contribution is 8.00. The van der Waals surface area contributed by atoms with E-state index in [1.807, 2.05) is 31.2 Å². The number of para-hydroxylation sites is 1. The average molecular weight is 375 g/mol. The van der Waals surface area contributed by atoms with Crippen molar-refractivity contribution in [3.05, 3.63) is 42.8 Å². The van der Waals surface area contributed by atoms with E-state index in [2.05, 4.69) is 32.2 Å². The Morgan fingerprint density at radius 1 is 1.36 bits per heavy atom. The van der Waals surface area contributed by atoms with Gasteiger partial charge in [-0.05, 0) is 19.1 Å². The summed E-state index contributed by atoms with van der Waals surface area (Å²) >= 11 is 2.98. The zero-order valence-corrected chi connectivity index (χ0v) is 15.3. The van der Waals surface area contributed by atoms with Gasteiger partial charge in [0.25, 0.3) is 0 Å². The molecule has 25 heavy (non-hydrogen) atoms. The lowest BCUT2D eigenvalue weighted by Gasteiger charge is -2.05. The van der Waals surface area contributed by atoms with Crippen LogP contribution in [0.2, 0.25) is 0 Å². The lowest BCUT2D eigenvalue weighted by molar-refractivity contribution is 0.341. The second-order valence-electron chi connectivity index (χ2n) is 4.77. The lowest BCUT2D eigenvalue weighted by Crippen LogP contribution is -1.96. The minimum atomic E-state index is 0.519. The normalized spacial score (nSPS) is 10.6. The molecule has 2 heterocycles. The first-order chi connectivity index (χ1) is 12.3. The number of hydrogen-bond acceptors (Lipinski definition) is 9. The Labute approximate surface area is 153 Å². The van der Waals surface area contributed by atoms with Gasteiger partial charge in [-0.25, -0.2) is 0 Å². The topological polar surface area (TPSA) is 86.0 Å². The maximum atomic E-state index is 5.61. The average Bonchev–Trinajstić information content (AvgIpc) is 3.28. The van der Waals surface area contributed by atoms with Gasteiger partial charge >= 0.3 is 0 Å². The molecule has 7 nitrogen and oxygen atoms in total. The van der Waals surface area contributed by atoms with Crippen molar-refractivity contribution in [2.45, 2.75) is 17.0 Å². The first-order valence-corrected chi connectivity index (χ1v) is 9.46. The summed E-state index contributed by atoms with van der Waals surface area (Å²) < 4.78 is 11.8. The first-order valence-electron chi connectivity index (χ1n) is 7.66. The second-order valence-corrected chi connectivity index (χ2v) is 6.97. The van der Waals surface area contributed by atoms with Gasteiger partial charge in [0.1, 0.15) is 5.75 Å². The Morgan fingerprint density at radius 3 is 3.08 bits per heavy atom. The molecule has 2 aromatic heterocycles. The van der Waals surface area contributed by atoms with Crippen LogP contribution in [0.5, 0.6) is 5.75 Å². The molecule has 3 aromatic rings. The summed E-state index contributed by atoms with van der Waals surface area (Å²) in [6.45, 7) is 6.83. The van der Waals surface area contributed by atoms with Gasteiger partial charge < -0.3 is 14.6 Å². The Hall–Kier alpha value is -2.39. The van der Waals surface area contributed by atoms with E-state index in [1.165, 1.54) is 23.1 Å². The third-order valence-electron chi connectivity index (χ3n) is 3.02. The number of ether oxygens (including phenoxy) is 1. The van der Waals surface area contributed by atoms with Gasteiger partial charge in [-0.15, -0.1) is 16.8 Å². The molecule has 0 radical (unpaired) electrons. The lowest BCUT2D eigenvalue weighted by atomic mass is 10.2. The summed E-state index contributed by atoms with van der Waals surface area (Å²) in [4.78, 5) is 4.44. The highest BCUT2D eigenvalue weighted by Gasteiger charge is 2.14. The quantitative estimate of drug-likeness (QED) is 0.445. The molecule has 0 spiro atoms. The Balaban J connectivity index is 1.64. The SMILES string of the molecule is C=CCNc1nnc(SCc2nc(-c3ccccc3OCC)no2)s1. The highest BCUT2D eigenvalue weighted by Crippen LogP contribution is 2.30. The second kappa shape index (κ2) is 8.63. The molecule has 3 rings (SSSR count). The predicted molar refractivity (Wildman–Crippen MR) is 99.1 cm³/mol. The van der Waals surface area contributed by atoms with E-state index in [-0.39, 0.29) is 0 Å². The summed E-state index contributed by atoms with van der Waals surface area (Å²) in [6, 6.07) is 7.64. The molecule has 0 aliphatic heterocycles. The third kappa shape index (κ3) is 4.58. The molecule has 1 aromatic carbocycles. The number of benzene rings is 1. The van der Waals surface area contributed by atoms with Crippen LogP contribution in [-0.4, -0.2) is 33.5 Å². The minimum absolute atomic E-state index is 0.519. The van der Waals surface area contributed by atoms with Crippen LogP contribution in [0.15, 0.2) is 45.8 Å². The molecule has 0 fully saturated rings. The highest BCUT2D eigenvalue weighted by atomic mass is 32.2. The van der Waals surface area contributed by atoms with E-state index in [1.54, 1.807) is 6.08 Å². The standard InChI is InChI=1S/C16H17N5O2S2/c1-3-9-17-15-19-20-16(25-15)24-10-13-18-14(21-23-13)11-7-5-6-8-12(11)22-4-2/h3,5-8H,1,4,9-10H2,2H3,(H,17,19). The molecule has 1 N–H and O–H groups in total. The van der Waals surface area contributed by atoms with Crippen LogP contribution in [-0.2, 0) is 5.75 Å². The van der Waals surface area contributed by atoms with E-state index in [4.69, 9.17) is 9.26 Å². The molecule has 0 saturated heterocycles. The maximum Gasteiger partial charge on any atom is 0.237 e. The smallest absolute Gasteiger partial charge is 0.237 e. The van der Waals surface area contributed by atoms with Crippen LogP contribution in [0.3, 0.4) is 0 Å². The number of hydrogen-bond donors (Lipinski definition) is 1. The van der Waals surface area contributed by atoms with Gasteiger partial charge in [-0.3, -0.25) is 0 Å². The Morgan fingerprint density at radius 2 is 2.24 bits per heavy atom. The van der Waals surface area contributed by atoms with Crippen molar-refractivity contribution in [1.82, 2.24) is 20.3 Å². The molecule has 0 saturated carbocycles. The van der Waals surface area contributed by atoms with Gasteiger partial charge in [0.2, 0.25) is 16.8 Å². The maximum absolute atomic E-state index is 5.61. The minimum Gasteiger partial charge on any atom is -0.493 e. The number of nitrogens with one attached hydrogen (secondary N) is 1. The van der Waals surface area contributed by atoms with Crippen LogP contribution in [0, 0.1) is 0 Å². The van der Waals surface area contributed by atoms with Gasteiger partial charge in [0, 0.05) is 6.54 Å². The number of aromatic nitrogens is 4. The van der Waals surface area contributed by atoms with Gasteiger partial charge in [0.05, 0.1) is 17.9 Å². The zero-order chi connectivity index (χ0) is 17.5. The number of anilines is 1. The van der Waals surface area contributed by atoms with Crippen molar-refractivity contribution in [2.24, 2.45) is 0 Å². The van der Waals surface area contributed by atoms with Crippen molar-refractivity contribution in [3.8, 4) is 17.1 Å². The molecule has 0 aliphatic rings. The monoisotopic (exact) mass is 375 g/mol. The van der Waals surface area contributed by atoms with Crippen molar-refractivity contribution in [2.75, 3.05) is 18.5 Å². The predicted octanol–water partition coefficient (Wildman–Crippen LogP) is 3.88. The molecule has 0 bridgehead atoms. The molecule has 9 heteroatoms. The Kier molecular flexibility index (Phi) is 6.02. The van der Waals surface area contributed by atoms with E-state index >= 15 is 0 Å². The summed E-state index contributed by atoms with van der Waals surface area (Å²) in [7, 11) is 0. The first kappa shape index (κ1) is 17.4. The van der Waals surface area contributed by atoms with Crippen LogP contribution >= 0.6 is 23.1 Å². The largest absolute Gasteiger partial charge is 0.493 e. The fourth-order valence-electron chi connectivity index (χ4n) is 1.98. The summed E-state index contributed by atoms with van der Waals surface area (Å²) in [6.07, 6.45) is 1.77. The third-order valence-corrected chi connectivity index (χ3v) is 5.02. The van der Waals surface area contributed by atoms with Gasteiger partial charge in [-0.1, -0.05) is 46.5 Å². The number of thioether (sulfide) groups is 1. The number of nitrogens with zero attached hydrogens (tertiary/aromatic N) is 4. The molecule has 130 valence electrons. The van der Waals surface area contributed by atoms with Gasteiger partial charge in [-0.2, -0.15) is 4.98 Å². The van der Waals surface area contributed by atoms with E-state index in [9.17, 15) is 0 Å². The molecular formula is C16H17N5O2S2. The molecule has 0 atom stereocenters. The molecule has 0 amide bonds. The Bertz CT molecular complexity index is 833. The fraction of sp³-hybridized carbons (Fsp3) is 0.250. The van der Waals surface area contributed by atoms with Crippen molar-refractivity contribution in [3.63, 3.8) is 0 Å². The van der Waals surface area contributed by atoms with E-state index < -0.39 is 0 Å². The van der Waals surface area contributed by atoms with Crippen LogP contribution in [0.4, 0.5) is 5.13 Å². The molecule has 0 aliphatic carbocycles. The fourth-order valence-corrected chi connectivity index (χ4v) is 3.57. The van der Waals surface area contributed by atoms with E-state index in [0.29, 0.717) is 30.6 Å². The molecule has 0 unspecified atom stereocenters. The summed E-state index contributed by atoms with van der Waals surface area (Å²) in [5.41, 5.74) is 0.816.